The molecule has 0 aliphatic carbocycles. The molecule has 7 rings (SSSR count). The predicted octanol–water partition coefficient (Wildman–Crippen LogP) is 9.93. The number of halogens is 1. The molecule has 236 valence electrons. The zero-order valence-electron chi connectivity index (χ0n) is 26.3. The summed E-state index contributed by atoms with van der Waals surface area (Å²) in [6, 6.07) is 44.6. The quantitative estimate of drug-likeness (QED) is 0.118. The molecule has 5 aromatic carbocycles. The van der Waals surface area contributed by atoms with Gasteiger partial charge >= 0.3 is 0 Å². The zero-order chi connectivity index (χ0) is 32.7. The van der Waals surface area contributed by atoms with E-state index in [9.17, 15) is 4.39 Å². The molecule has 8 heteroatoms. The van der Waals surface area contributed by atoms with Crippen molar-refractivity contribution in [2.75, 3.05) is 11.9 Å². The van der Waals surface area contributed by atoms with Gasteiger partial charge in [-0.1, -0.05) is 90.2 Å². The Morgan fingerprint density at radius 2 is 1.38 bits per heavy atom. The van der Waals surface area contributed by atoms with Gasteiger partial charge < -0.3 is 10.1 Å². The van der Waals surface area contributed by atoms with E-state index in [4.69, 9.17) is 19.8 Å². The lowest BCUT2D eigenvalue weighted by molar-refractivity contribution is 0.340. The van der Waals surface area contributed by atoms with Crippen LogP contribution in [-0.4, -0.2) is 27.2 Å². The molecule has 0 aliphatic rings. The van der Waals surface area contributed by atoms with Crippen LogP contribution in [0.3, 0.4) is 0 Å². The molecule has 48 heavy (non-hydrogen) atoms. The van der Waals surface area contributed by atoms with E-state index < -0.39 is 0 Å². The van der Waals surface area contributed by atoms with Gasteiger partial charge in [0.1, 0.15) is 33.1 Å². The third-order valence-corrected chi connectivity index (χ3v) is 8.72. The Morgan fingerprint density at radius 3 is 2.06 bits per heavy atom. The summed E-state index contributed by atoms with van der Waals surface area (Å²) in [6.45, 7) is 2.95. The molecule has 0 amide bonds. The topological polar surface area (TPSA) is 64.3 Å². The first-order valence-corrected chi connectivity index (χ1v) is 16.5. The molecule has 0 bridgehead atoms. The summed E-state index contributed by atoms with van der Waals surface area (Å²) >= 11 is 1.51. The van der Waals surface area contributed by atoms with E-state index in [1.807, 2.05) is 133 Å². The lowest BCUT2D eigenvalue weighted by Crippen LogP contribution is -2.14. The number of aromatic nitrogens is 3. The average molecular weight is 650 g/mol. The fourth-order valence-corrected chi connectivity index (χ4v) is 6.33. The van der Waals surface area contributed by atoms with Crippen molar-refractivity contribution in [3.05, 3.63) is 163 Å². The number of thiazole rings is 1. The van der Waals surface area contributed by atoms with Crippen LogP contribution in [0.4, 0.5) is 9.39 Å². The molecule has 1 N–H and O–H groups in total. The van der Waals surface area contributed by atoms with E-state index in [0.717, 1.165) is 60.7 Å². The van der Waals surface area contributed by atoms with Crippen LogP contribution in [-0.2, 0) is 6.54 Å². The molecule has 0 spiro atoms. The molecule has 0 fully saturated rings. The number of amidine groups is 1. The standard InChI is InChI=1S/C40H32FN5OS/c1-2-47-35-24-20-29(21-25-35)36-32(27-46(45-36)34-16-10-5-11-17-34)26-42-38(30-14-8-4-9-15-30)44-40-37(28-12-6-3-7-13-28)43-39(48-40)31-18-22-33(41)23-19-31/h3-25,27H,2,26H2,1H3,(H,42,44). The summed E-state index contributed by atoms with van der Waals surface area (Å²) in [5, 5.41) is 10.3. The molecule has 2 aromatic heterocycles. The third-order valence-electron chi connectivity index (χ3n) is 7.70. The Labute approximate surface area is 282 Å². The van der Waals surface area contributed by atoms with Gasteiger partial charge in [0.2, 0.25) is 0 Å². The number of nitrogens with one attached hydrogen (secondary N) is 1. The molecule has 0 unspecified atom stereocenters. The molecule has 6 nitrogen and oxygen atoms in total. The maximum absolute atomic E-state index is 13.8. The van der Waals surface area contributed by atoms with E-state index in [2.05, 4.69) is 5.32 Å². The van der Waals surface area contributed by atoms with Crippen molar-refractivity contribution in [3.63, 3.8) is 0 Å². The first-order valence-electron chi connectivity index (χ1n) is 15.7. The van der Waals surface area contributed by atoms with Crippen LogP contribution in [0, 0.1) is 5.82 Å². The predicted molar refractivity (Wildman–Crippen MR) is 193 cm³/mol. The SMILES string of the molecule is CCOc1ccc(-c2nn(-c3ccccc3)cc2CN=C(Nc2sc(-c3ccc(F)cc3)nc2-c2ccccc2)c2ccccc2)cc1. The number of para-hydroxylation sites is 1. The molecule has 0 aliphatic heterocycles. The second-order valence-corrected chi connectivity index (χ2v) is 12.0. The summed E-state index contributed by atoms with van der Waals surface area (Å²) in [5.74, 6) is 1.24. The third kappa shape index (κ3) is 6.94. The van der Waals surface area contributed by atoms with Crippen molar-refractivity contribution >= 4 is 22.2 Å². The number of nitrogens with zero attached hydrogens (tertiary/aromatic N) is 4. The molecule has 2 heterocycles. The molecule has 0 atom stereocenters. The lowest BCUT2D eigenvalue weighted by atomic mass is 10.1. The highest BCUT2D eigenvalue weighted by Gasteiger charge is 2.18. The van der Waals surface area contributed by atoms with Gasteiger partial charge in [-0.2, -0.15) is 5.10 Å². The first kappa shape index (κ1) is 30.8. The number of hydrogen-bond acceptors (Lipinski definition) is 5. The Hall–Kier alpha value is -5.86. The highest BCUT2D eigenvalue weighted by molar-refractivity contribution is 7.19. The van der Waals surface area contributed by atoms with Gasteiger partial charge in [0.15, 0.2) is 0 Å². The number of benzene rings is 5. The normalized spacial score (nSPS) is 11.4. The van der Waals surface area contributed by atoms with Crippen LogP contribution in [0.5, 0.6) is 5.75 Å². The van der Waals surface area contributed by atoms with E-state index in [-0.39, 0.29) is 5.82 Å². The fourth-order valence-electron chi connectivity index (χ4n) is 5.34. The smallest absolute Gasteiger partial charge is 0.133 e. The van der Waals surface area contributed by atoms with E-state index in [1.54, 1.807) is 12.1 Å². The van der Waals surface area contributed by atoms with Crippen LogP contribution >= 0.6 is 11.3 Å². The molecule has 0 saturated heterocycles. The van der Waals surface area contributed by atoms with Crippen molar-refractivity contribution in [2.24, 2.45) is 4.99 Å². The maximum Gasteiger partial charge on any atom is 0.133 e. The van der Waals surface area contributed by atoms with Crippen LogP contribution < -0.4 is 10.1 Å². The zero-order valence-corrected chi connectivity index (χ0v) is 27.1. The summed E-state index contributed by atoms with van der Waals surface area (Å²) in [4.78, 5) is 10.2. The maximum atomic E-state index is 13.8. The molecule has 0 radical (unpaired) electrons. The molecular formula is C40H32FN5OS. The van der Waals surface area contributed by atoms with Gasteiger partial charge in [-0.3, -0.25) is 4.99 Å². The number of anilines is 1. The van der Waals surface area contributed by atoms with Crippen LogP contribution in [0.1, 0.15) is 18.1 Å². The summed E-state index contributed by atoms with van der Waals surface area (Å²) in [7, 11) is 0. The minimum absolute atomic E-state index is 0.282. The molecular weight excluding hydrogens is 618 g/mol. The van der Waals surface area contributed by atoms with Gasteiger partial charge in [0.05, 0.1) is 24.5 Å². The summed E-state index contributed by atoms with van der Waals surface area (Å²) < 4.78 is 21.4. The second-order valence-electron chi connectivity index (χ2n) is 11.0. The molecule has 7 aromatic rings. The number of aliphatic imine (C=N–C) groups is 1. The molecule has 0 saturated carbocycles. The van der Waals surface area contributed by atoms with Gasteiger partial charge in [-0.05, 0) is 67.6 Å². The van der Waals surface area contributed by atoms with Crippen molar-refractivity contribution in [3.8, 4) is 44.5 Å². The van der Waals surface area contributed by atoms with Crippen molar-refractivity contribution in [1.29, 1.82) is 0 Å². The average Bonchev–Trinajstić information content (AvgIpc) is 3.77. The van der Waals surface area contributed by atoms with E-state index in [0.29, 0.717) is 19.0 Å². The van der Waals surface area contributed by atoms with E-state index in [1.165, 1.54) is 23.5 Å². The Morgan fingerprint density at radius 1 is 0.750 bits per heavy atom. The van der Waals surface area contributed by atoms with Gasteiger partial charge in [-0.15, -0.1) is 0 Å². The van der Waals surface area contributed by atoms with Crippen molar-refractivity contribution < 1.29 is 9.13 Å². The van der Waals surface area contributed by atoms with Crippen molar-refractivity contribution in [2.45, 2.75) is 13.5 Å². The monoisotopic (exact) mass is 649 g/mol. The number of ether oxygens (including phenoxy) is 1. The second kappa shape index (κ2) is 14.3. The van der Waals surface area contributed by atoms with Crippen LogP contribution in [0.2, 0.25) is 0 Å². The van der Waals surface area contributed by atoms with Gasteiger partial charge in [0.25, 0.3) is 0 Å². The fraction of sp³-hybridized carbons (Fsp3) is 0.0750. The highest BCUT2D eigenvalue weighted by Crippen LogP contribution is 2.38. The minimum Gasteiger partial charge on any atom is -0.494 e. The van der Waals surface area contributed by atoms with Gasteiger partial charge in [-0.25, -0.2) is 14.1 Å². The largest absolute Gasteiger partial charge is 0.494 e. The Kier molecular flexibility index (Phi) is 9.15. The van der Waals surface area contributed by atoms with Crippen LogP contribution in [0.25, 0.3) is 38.8 Å². The van der Waals surface area contributed by atoms with Crippen LogP contribution in [0.15, 0.2) is 151 Å². The number of rotatable bonds is 10. The Balaban J connectivity index is 1.29. The van der Waals surface area contributed by atoms with E-state index >= 15 is 0 Å². The first-order chi connectivity index (χ1) is 23.6. The lowest BCUT2D eigenvalue weighted by Gasteiger charge is -2.11. The minimum atomic E-state index is -0.282. The Bertz CT molecular complexity index is 2130. The van der Waals surface area contributed by atoms with Gasteiger partial charge in [0, 0.05) is 34.0 Å². The summed E-state index contributed by atoms with van der Waals surface area (Å²) in [5.41, 5.74) is 7.31. The summed E-state index contributed by atoms with van der Waals surface area (Å²) in [6.07, 6.45) is 2.04. The highest BCUT2D eigenvalue weighted by atomic mass is 32.1. The van der Waals surface area contributed by atoms with Crippen molar-refractivity contribution in [1.82, 2.24) is 14.8 Å². The number of hydrogen-bond donors (Lipinski definition) is 1.